The van der Waals surface area contributed by atoms with E-state index in [9.17, 15) is 124 Å². The Bertz CT molecular complexity index is 1440. The molecule has 0 aromatic carbocycles. The molecule has 0 aliphatic heterocycles. The lowest BCUT2D eigenvalue weighted by Gasteiger charge is -2.39. The van der Waals surface area contributed by atoms with Crippen molar-refractivity contribution >= 4 is 12.1 Å². The molecule has 0 fully saturated rings. The first-order valence-corrected chi connectivity index (χ1v) is 14.6. The second-order valence-corrected chi connectivity index (χ2v) is 11.5. The minimum atomic E-state index is -8.32. The van der Waals surface area contributed by atoms with Gasteiger partial charge < -0.3 is 24.3 Å². The van der Waals surface area contributed by atoms with Gasteiger partial charge in [-0.3, -0.25) is 0 Å². The molecule has 1 N–H and O–H groups in total. The smallest absolute Gasteiger partial charge is 0.460 e. The van der Waals surface area contributed by atoms with Crippen LogP contribution < -0.4 is 5.32 Å². The van der Waals surface area contributed by atoms with Crippen molar-refractivity contribution in [3.63, 3.8) is 0 Å². The zero-order valence-electron chi connectivity index (χ0n) is 28.2. The molecule has 350 valence electrons. The van der Waals surface area contributed by atoms with Crippen molar-refractivity contribution < 1.29 is 143 Å². The van der Waals surface area contributed by atoms with Crippen molar-refractivity contribution in [2.24, 2.45) is 0 Å². The number of halogens is 26. The normalized spacial score (nSPS) is 15.5. The molecule has 0 aliphatic carbocycles. The molecular weight excluding hydrogens is 916 g/mol. The van der Waals surface area contributed by atoms with E-state index in [0.29, 0.717) is 0 Å². The summed E-state index contributed by atoms with van der Waals surface area (Å²) < 4.78 is 363. The fraction of sp³-hybridized carbons (Fsp3) is 0.846. The first kappa shape index (κ1) is 55.6. The fourth-order valence-corrected chi connectivity index (χ4v) is 3.47. The van der Waals surface area contributed by atoms with Crippen LogP contribution in [0.3, 0.4) is 0 Å². The lowest BCUT2D eigenvalue weighted by atomic mass is 9.93. The molecule has 7 nitrogen and oxygen atoms in total. The van der Waals surface area contributed by atoms with Crippen LogP contribution in [0, 0.1) is 0 Å². The van der Waals surface area contributed by atoms with Crippen molar-refractivity contribution in [3.8, 4) is 0 Å². The third kappa shape index (κ3) is 10.9. The van der Waals surface area contributed by atoms with Gasteiger partial charge in [-0.25, -0.2) is 9.59 Å². The van der Waals surface area contributed by atoms with Gasteiger partial charge in [-0.2, -0.15) is 114 Å². The van der Waals surface area contributed by atoms with Crippen LogP contribution in [0.5, 0.6) is 0 Å². The highest BCUT2D eigenvalue weighted by Gasteiger charge is 2.92. The predicted molar refractivity (Wildman–Crippen MR) is 136 cm³/mol. The Labute approximate surface area is 310 Å². The molecule has 0 heterocycles. The van der Waals surface area contributed by atoms with Gasteiger partial charge in [0.25, 0.3) is 0 Å². The Morgan fingerprint density at radius 1 is 0.492 bits per heavy atom. The lowest BCUT2D eigenvalue weighted by Crippen LogP contribution is -2.70. The second kappa shape index (κ2) is 17.9. The van der Waals surface area contributed by atoms with E-state index in [1.54, 1.807) is 5.32 Å². The number of esters is 1. The molecule has 0 saturated carbocycles. The summed E-state index contributed by atoms with van der Waals surface area (Å²) in [6, 6.07) is 0. The van der Waals surface area contributed by atoms with Crippen LogP contribution >= 0.6 is 0 Å². The van der Waals surface area contributed by atoms with E-state index in [1.165, 1.54) is 0 Å². The number of hydrogen-bond acceptors (Lipinski definition) is 6. The number of alkyl carbamates (subject to hydrolysis) is 1. The molecule has 0 bridgehead atoms. The summed E-state index contributed by atoms with van der Waals surface area (Å²) in [5.74, 6) is -79.6. The zero-order valence-corrected chi connectivity index (χ0v) is 28.2. The topological polar surface area (TPSA) is 83.1 Å². The van der Waals surface area contributed by atoms with Gasteiger partial charge in [0.15, 0.2) is 0 Å². The molecule has 0 aliphatic rings. The summed E-state index contributed by atoms with van der Waals surface area (Å²) in [5.41, 5.74) is -0.177. The third-order valence-corrected chi connectivity index (χ3v) is 6.98. The number of amides is 1. The summed E-state index contributed by atoms with van der Waals surface area (Å²) in [7, 11) is 0. The van der Waals surface area contributed by atoms with E-state index in [0.717, 1.165) is 6.92 Å². The fourth-order valence-electron chi connectivity index (χ4n) is 3.47. The van der Waals surface area contributed by atoms with Gasteiger partial charge in [-0.05, 0) is 6.92 Å². The van der Waals surface area contributed by atoms with Crippen molar-refractivity contribution in [2.75, 3.05) is 39.6 Å². The summed E-state index contributed by atoms with van der Waals surface area (Å²) in [6.45, 7) is -5.10. The van der Waals surface area contributed by atoms with Crippen LogP contribution in [0.15, 0.2) is 12.2 Å². The molecule has 0 aromatic rings. The maximum Gasteiger partial charge on any atom is 0.460 e. The average Bonchev–Trinajstić information content (AvgIpc) is 3.04. The van der Waals surface area contributed by atoms with Crippen LogP contribution in [0.25, 0.3) is 0 Å². The van der Waals surface area contributed by atoms with Gasteiger partial charge in [0.05, 0.1) is 26.4 Å². The Morgan fingerprint density at radius 3 is 1.20 bits per heavy atom. The molecule has 0 radical (unpaired) electrons. The van der Waals surface area contributed by atoms with E-state index in [4.69, 9.17) is 0 Å². The standard InChI is InChI=1S/C26H23F26NO6/c1-11(2)13(54)58-8-5-53-14(55)59-10-12(57-7-4-16(29,30)18(33,34)20(37,38)22(41,42)24(45,46)26(50,51)52)9-56-6-3-15(27,28)17(31,32)19(35,36)21(39,40)23(43,44)25(47,48)49/h12H,1,3-10H2,2H3,(H,53,55). The van der Waals surface area contributed by atoms with Gasteiger partial charge in [-0.1, -0.05) is 6.58 Å². The van der Waals surface area contributed by atoms with Gasteiger partial charge in [-0.15, -0.1) is 0 Å². The maximum atomic E-state index is 14.1. The van der Waals surface area contributed by atoms with E-state index in [-0.39, 0.29) is 5.57 Å². The number of alkyl halides is 26. The number of carbonyl (C=O) groups excluding carboxylic acids is 2. The predicted octanol–water partition coefficient (Wildman–Crippen LogP) is 9.49. The SMILES string of the molecule is C=C(C)C(=O)OCCNC(=O)OCC(COCCC(F)(F)C(F)(F)C(F)(F)C(F)(F)C(F)(F)C(F)(F)F)OCCC(F)(F)C(F)(F)C(F)(F)C(F)(F)C(F)(F)C(F)(F)F. The average molecular weight is 939 g/mol. The van der Waals surface area contributed by atoms with Gasteiger partial charge in [0.2, 0.25) is 0 Å². The molecule has 33 heteroatoms. The van der Waals surface area contributed by atoms with Gasteiger partial charge in [0.1, 0.15) is 19.3 Å². The summed E-state index contributed by atoms with van der Waals surface area (Å²) >= 11 is 0. The molecule has 1 atom stereocenters. The zero-order chi connectivity index (χ0) is 47.5. The minimum absolute atomic E-state index is 0.177. The van der Waals surface area contributed by atoms with Crippen molar-refractivity contribution in [1.29, 1.82) is 0 Å². The molecule has 1 amide bonds. The first-order chi connectivity index (χ1) is 25.8. The molecular formula is C26H23F26NO6. The second-order valence-electron chi connectivity index (χ2n) is 11.5. The van der Waals surface area contributed by atoms with Gasteiger partial charge >= 0.3 is 83.6 Å². The Kier molecular flexibility index (Phi) is 16.9. The molecule has 0 spiro atoms. The number of ether oxygens (including phenoxy) is 4. The molecule has 1 unspecified atom stereocenters. The van der Waals surface area contributed by atoms with Crippen LogP contribution in [-0.2, 0) is 23.7 Å². The van der Waals surface area contributed by atoms with Crippen LogP contribution in [-0.4, -0.2) is 129 Å². The molecule has 0 rings (SSSR count). The largest absolute Gasteiger partial charge is 0.460 e. The summed E-state index contributed by atoms with van der Waals surface area (Å²) in [4.78, 5) is 23.0. The van der Waals surface area contributed by atoms with Gasteiger partial charge in [0, 0.05) is 18.4 Å². The third-order valence-electron chi connectivity index (χ3n) is 6.98. The monoisotopic (exact) mass is 939 g/mol. The number of carbonyl (C=O) groups is 2. The van der Waals surface area contributed by atoms with E-state index >= 15 is 0 Å². The molecule has 0 aromatic heterocycles. The van der Waals surface area contributed by atoms with E-state index in [1.807, 2.05) is 0 Å². The number of nitrogens with one attached hydrogen (secondary N) is 1. The van der Waals surface area contributed by atoms with Crippen molar-refractivity contribution in [1.82, 2.24) is 5.32 Å². The highest BCUT2D eigenvalue weighted by molar-refractivity contribution is 5.86. The molecule has 0 saturated heterocycles. The van der Waals surface area contributed by atoms with Crippen LogP contribution in [0.4, 0.5) is 119 Å². The molecule has 59 heavy (non-hydrogen) atoms. The van der Waals surface area contributed by atoms with Crippen molar-refractivity contribution in [2.45, 2.75) is 97.4 Å². The Hall–Kier alpha value is -3.42. The summed E-state index contributed by atoms with van der Waals surface area (Å²) in [5, 5.41) is 1.72. The number of rotatable bonds is 23. The van der Waals surface area contributed by atoms with E-state index < -0.39 is 142 Å². The quantitative estimate of drug-likeness (QED) is 0.0476. The number of hydrogen-bond donors (Lipinski definition) is 1. The maximum absolute atomic E-state index is 14.1. The first-order valence-electron chi connectivity index (χ1n) is 14.6. The minimum Gasteiger partial charge on any atom is -0.460 e. The van der Waals surface area contributed by atoms with E-state index in [2.05, 4.69) is 25.5 Å². The lowest BCUT2D eigenvalue weighted by molar-refractivity contribution is -0.440. The van der Waals surface area contributed by atoms with Crippen LogP contribution in [0.2, 0.25) is 0 Å². The highest BCUT2D eigenvalue weighted by Crippen LogP contribution is 2.62. The van der Waals surface area contributed by atoms with Crippen LogP contribution in [0.1, 0.15) is 19.8 Å². The Morgan fingerprint density at radius 2 is 0.847 bits per heavy atom. The highest BCUT2D eigenvalue weighted by atomic mass is 19.4. The van der Waals surface area contributed by atoms with Crippen molar-refractivity contribution in [3.05, 3.63) is 12.2 Å². The summed E-state index contributed by atoms with van der Waals surface area (Å²) in [6.07, 6.45) is -26.0. The Balaban J connectivity index is 6.18.